The van der Waals surface area contributed by atoms with Gasteiger partial charge in [0.1, 0.15) is 0 Å². The van der Waals surface area contributed by atoms with Crippen LogP contribution in [0, 0.1) is 0 Å². The van der Waals surface area contributed by atoms with E-state index >= 15 is 0 Å². The van der Waals surface area contributed by atoms with Crippen LogP contribution in [0.25, 0.3) is 0 Å². The molecule has 8 nitrogen and oxygen atoms in total. The van der Waals surface area contributed by atoms with Crippen molar-refractivity contribution in [1.29, 1.82) is 0 Å². The van der Waals surface area contributed by atoms with Gasteiger partial charge in [-0.05, 0) is 39.6 Å². The maximum absolute atomic E-state index is 11.4. The van der Waals surface area contributed by atoms with Crippen molar-refractivity contribution in [2.75, 3.05) is 20.7 Å². The summed E-state index contributed by atoms with van der Waals surface area (Å²) in [7, 11) is 4.02. The minimum atomic E-state index is -1.82. The highest BCUT2D eigenvalue weighted by molar-refractivity contribution is 6.27. The molecule has 0 aliphatic heterocycles. The SMILES string of the molecule is CC(CCOC(=O)n1cccc1)N(C)C.O=C(O)C(=O)O. The molecule has 1 aromatic rings. The molecule has 0 saturated carbocycles. The largest absolute Gasteiger partial charge is 0.473 e. The van der Waals surface area contributed by atoms with Crippen LogP contribution in [0.5, 0.6) is 0 Å². The summed E-state index contributed by atoms with van der Waals surface area (Å²) in [5.41, 5.74) is 0. The van der Waals surface area contributed by atoms with Crippen LogP contribution in [0.1, 0.15) is 13.3 Å². The summed E-state index contributed by atoms with van der Waals surface area (Å²) in [5.74, 6) is -3.65. The topological polar surface area (TPSA) is 109 Å². The number of nitrogens with zero attached hydrogens (tertiary/aromatic N) is 2. The number of hydrogen-bond donors (Lipinski definition) is 2. The van der Waals surface area contributed by atoms with E-state index in [1.165, 1.54) is 4.57 Å². The zero-order chi connectivity index (χ0) is 16.4. The Kier molecular flexibility index (Phi) is 8.47. The number of carbonyl (C=O) groups is 3. The van der Waals surface area contributed by atoms with Crippen LogP contribution >= 0.6 is 0 Å². The van der Waals surface area contributed by atoms with Crippen molar-refractivity contribution in [2.24, 2.45) is 0 Å². The fourth-order valence-electron chi connectivity index (χ4n) is 1.11. The summed E-state index contributed by atoms with van der Waals surface area (Å²) in [4.78, 5) is 31.7. The summed E-state index contributed by atoms with van der Waals surface area (Å²) in [6.07, 6.45) is 3.89. The van der Waals surface area contributed by atoms with E-state index in [4.69, 9.17) is 24.5 Å². The Bertz CT molecular complexity index is 443. The van der Waals surface area contributed by atoms with Gasteiger partial charge in [0.2, 0.25) is 0 Å². The molecule has 1 atom stereocenters. The van der Waals surface area contributed by atoms with Crippen molar-refractivity contribution in [1.82, 2.24) is 9.47 Å². The normalized spacial score (nSPS) is 11.2. The Morgan fingerprint density at radius 2 is 1.62 bits per heavy atom. The monoisotopic (exact) mass is 300 g/mol. The number of aliphatic carboxylic acids is 2. The van der Waals surface area contributed by atoms with Gasteiger partial charge >= 0.3 is 18.0 Å². The van der Waals surface area contributed by atoms with Gasteiger partial charge in [0.15, 0.2) is 0 Å². The number of ether oxygens (including phenoxy) is 1. The van der Waals surface area contributed by atoms with Crippen molar-refractivity contribution >= 4 is 18.0 Å². The molecule has 0 aliphatic rings. The number of carboxylic acid groups (broad SMARTS) is 2. The summed E-state index contributed by atoms with van der Waals surface area (Å²) < 4.78 is 6.54. The Morgan fingerprint density at radius 1 is 1.14 bits per heavy atom. The van der Waals surface area contributed by atoms with E-state index in [1.54, 1.807) is 24.5 Å². The molecule has 0 spiro atoms. The van der Waals surface area contributed by atoms with Crippen molar-refractivity contribution in [3.05, 3.63) is 24.5 Å². The molecule has 118 valence electrons. The molecule has 1 heterocycles. The standard InChI is InChI=1S/C11H18N2O2.C2H2O4/c1-10(12(2)3)6-9-15-11(14)13-7-4-5-8-13;3-1(4)2(5)6/h4-5,7-8,10H,6,9H2,1-3H3;(H,3,4)(H,5,6). The molecule has 0 bridgehead atoms. The third-order valence-corrected chi connectivity index (χ3v) is 2.64. The molecule has 0 saturated heterocycles. The average Bonchev–Trinajstić information content (AvgIpc) is 2.92. The van der Waals surface area contributed by atoms with Crippen LogP contribution in [0.2, 0.25) is 0 Å². The minimum absolute atomic E-state index is 0.314. The van der Waals surface area contributed by atoms with Crippen LogP contribution in [-0.4, -0.2) is 64.5 Å². The van der Waals surface area contributed by atoms with E-state index in [1.807, 2.05) is 14.1 Å². The predicted molar refractivity (Wildman–Crippen MR) is 74.2 cm³/mol. The molecule has 0 aliphatic carbocycles. The molecule has 1 aromatic heterocycles. The first-order valence-electron chi connectivity index (χ1n) is 6.18. The molecule has 1 rings (SSSR count). The van der Waals surface area contributed by atoms with Crippen molar-refractivity contribution in [3.8, 4) is 0 Å². The van der Waals surface area contributed by atoms with Crippen molar-refractivity contribution in [3.63, 3.8) is 0 Å². The summed E-state index contributed by atoms with van der Waals surface area (Å²) in [6.45, 7) is 2.56. The second kappa shape index (κ2) is 9.54. The first-order chi connectivity index (χ1) is 9.75. The number of carbonyl (C=O) groups excluding carboxylic acids is 1. The van der Waals surface area contributed by atoms with Crippen LogP contribution in [0.15, 0.2) is 24.5 Å². The number of carboxylic acids is 2. The Morgan fingerprint density at radius 3 is 2.00 bits per heavy atom. The quantitative estimate of drug-likeness (QED) is 0.797. The molecule has 21 heavy (non-hydrogen) atoms. The van der Waals surface area contributed by atoms with Gasteiger partial charge in [-0.25, -0.2) is 14.4 Å². The maximum Gasteiger partial charge on any atom is 0.417 e. The van der Waals surface area contributed by atoms with E-state index < -0.39 is 11.9 Å². The number of rotatable bonds is 4. The van der Waals surface area contributed by atoms with Gasteiger partial charge in [0.25, 0.3) is 0 Å². The highest BCUT2D eigenvalue weighted by atomic mass is 16.5. The molecule has 0 fully saturated rings. The fourth-order valence-corrected chi connectivity index (χ4v) is 1.11. The lowest BCUT2D eigenvalue weighted by Gasteiger charge is -2.19. The van der Waals surface area contributed by atoms with Crippen molar-refractivity contribution < 1.29 is 29.3 Å². The Labute approximate surface area is 122 Å². The van der Waals surface area contributed by atoms with Gasteiger partial charge in [0, 0.05) is 18.4 Å². The maximum atomic E-state index is 11.4. The predicted octanol–water partition coefficient (Wildman–Crippen LogP) is 0.969. The zero-order valence-electron chi connectivity index (χ0n) is 12.2. The van der Waals surface area contributed by atoms with Gasteiger partial charge in [0.05, 0.1) is 6.61 Å². The van der Waals surface area contributed by atoms with Crippen LogP contribution in [0.4, 0.5) is 4.79 Å². The van der Waals surface area contributed by atoms with E-state index in [9.17, 15) is 4.79 Å². The molecule has 0 radical (unpaired) electrons. The lowest BCUT2D eigenvalue weighted by molar-refractivity contribution is -0.159. The van der Waals surface area contributed by atoms with Gasteiger partial charge in [-0.1, -0.05) is 0 Å². The number of aromatic nitrogens is 1. The second-order valence-electron chi connectivity index (χ2n) is 4.42. The van der Waals surface area contributed by atoms with Crippen LogP contribution in [-0.2, 0) is 14.3 Å². The lowest BCUT2D eigenvalue weighted by atomic mass is 10.2. The summed E-state index contributed by atoms with van der Waals surface area (Å²) in [6, 6.07) is 4.01. The molecule has 0 amide bonds. The highest BCUT2D eigenvalue weighted by Gasteiger charge is 2.07. The summed E-state index contributed by atoms with van der Waals surface area (Å²) in [5, 5.41) is 14.8. The van der Waals surface area contributed by atoms with Gasteiger partial charge in [-0.3, -0.25) is 4.57 Å². The van der Waals surface area contributed by atoms with Crippen LogP contribution < -0.4 is 0 Å². The molecular weight excluding hydrogens is 280 g/mol. The third-order valence-electron chi connectivity index (χ3n) is 2.64. The Hall–Kier alpha value is -2.35. The van der Waals surface area contributed by atoms with Gasteiger partial charge in [-0.15, -0.1) is 0 Å². The highest BCUT2D eigenvalue weighted by Crippen LogP contribution is 2.00. The second-order valence-corrected chi connectivity index (χ2v) is 4.42. The van der Waals surface area contributed by atoms with E-state index in [0.29, 0.717) is 12.6 Å². The van der Waals surface area contributed by atoms with Crippen molar-refractivity contribution in [2.45, 2.75) is 19.4 Å². The fraction of sp³-hybridized carbons (Fsp3) is 0.462. The van der Waals surface area contributed by atoms with E-state index in [2.05, 4.69) is 11.8 Å². The lowest BCUT2D eigenvalue weighted by Crippen LogP contribution is -2.26. The molecule has 8 heteroatoms. The molecule has 1 unspecified atom stereocenters. The molecule has 2 N–H and O–H groups in total. The smallest absolute Gasteiger partial charge is 0.417 e. The van der Waals surface area contributed by atoms with E-state index in [-0.39, 0.29) is 6.09 Å². The number of hydrogen-bond acceptors (Lipinski definition) is 5. The summed E-state index contributed by atoms with van der Waals surface area (Å²) >= 11 is 0. The van der Waals surface area contributed by atoms with Gasteiger partial charge < -0.3 is 19.8 Å². The van der Waals surface area contributed by atoms with Gasteiger partial charge in [-0.2, -0.15) is 0 Å². The minimum Gasteiger partial charge on any atom is -0.473 e. The molecular formula is C13H20N2O6. The molecule has 0 aromatic carbocycles. The first-order valence-corrected chi connectivity index (χ1v) is 6.18. The Balaban J connectivity index is 0.000000567. The third kappa shape index (κ3) is 8.43. The first kappa shape index (κ1) is 18.7. The van der Waals surface area contributed by atoms with Crippen LogP contribution in [0.3, 0.4) is 0 Å². The average molecular weight is 300 g/mol. The van der Waals surface area contributed by atoms with E-state index in [0.717, 1.165) is 6.42 Å². The zero-order valence-corrected chi connectivity index (χ0v) is 12.2.